The first-order valence-electron chi connectivity index (χ1n) is 8.47. The van der Waals surface area contributed by atoms with Crippen LogP contribution in [0, 0.1) is 6.92 Å². The summed E-state index contributed by atoms with van der Waals surface area (Å²) in [6.45, 7) is 15.6. The largest absolute Gasteiger partial charge is 0.458 e. The summed E-state index contributed by atoms with van der Waals surface area (Å²) < 4.78 is 13.4. The Morgan fingerprint density at radius 1 is 1.28 bits per heavy atom. The fraction of sp³-hybridized carbons (Fsp3) is 0.647. The van der Waals surface area contributed by atoms with Gasteiger partial charge in [0.25, 0.3) is 0 Å². The minimum atomic E-state index is -1.82. The van der Waals surface area contributed by atoms with Crippen molar-refractivity contribution in [1.82, 2.24) is 19.5 Å². The number of carbonyl (C=O) groups excluding carboxylic acids is 1. The SMILES string of the molecule is CC(=O)OCc1nc2cnc(C)nc2n1CCO[Si](C)(C)C(C)(C)C. The molecule has 0 aliphatic carbocycles. The van der Waals surface area contributed by atoms with Crippen molar-refractivity contribution < 1.29 is 14.0 Å². The minimum absolute atomic E-state index is 0.116. The number of esters is 1. The lowest BCUT2D eigenvalue weighted by atomic mass is 10.2. The van der Waals surface area contributed by atoms with Gasteiger partial charge in [-0.1, -0.05) is 20.8 Å². The Bertz CT molecular complexity index is 765. The van der Waals surface area contributed by atoms with E-state index in [1.807, 2.05) is 11.5 Å². The maximum Gasteiger partial charge on any atom is 0.303 e. The molecule has 0 bridgehead atoms. The molecule has 0 atom stereocenters. The van der Waals surface area contributed by atoms with E-state index in [0.29, 0.717) is 30.3 Å². The topological polar surface area (TPSA) is 79.1 Å². The zero-order chi connectivity index (χ0) is 18.8. The van der Waals surface area contributed by atoms with Gasteiger partial charge in [0, 0.05) is 13.5 Å². The highest BCUT2D eigenvalue weighted by Gasteiger charge is 2.37. The molecule has 0 aliphatic rings. The number of ether oxygens (including phenoxy) is 1. The third-order valence-corrected chi connectivity index (χ3v) is 9.21. The van der Waals surface area contributed by atoms with Crippen molar-refractivity contribution >= 4 is 25.5 Å². The molecule has 138 valence electrons. The Kier molecular flexibility index (Phi) is 5.63. The van der Waals surface area contributed by atoms with Gasteiger partial charge >= 0.3 is 5.97 Å². The van der Waals surface area contributed by atoms with Crippen molar-refractivity contribution in [2.24, 2.45) is 0 Å². The van der Waals surface area contributed by atoms with Crippen LogP contribution < -0.4 is 0 Å². The third-order valence-electron chi connectivity index (χ3n) is 4.68. The molecule has 0 N–H and O–H groups in total. The zero-order valence-corrected chi connectivity index (χ0v) is 17.2. The van der Waals surface area contributed by atoms with Crippen molar-refractivity contribution in [3.63, 3.8) is 0 Å². The fourth-order valence-electron chi connectivity index (χ4n) is 2.17. The second-order valence-corrected chi connectivity index (χ2v) is 12.5. The van der Waals surface area contributed by atoms with Gasteiger partial charge in [-0.3, -0.25) is 4.79 Å². The Balaban J connectivity index is 2.23. The molecule has 0 saturated heterocycles. The lowest BCUT2D eigenvalue weighted by Gasteiger charge is -2.36. The number of imidazole rings is 1. The van der Waals surface area contributed by atoms with E-state index >= 15 is 0 Å². The second-order valence-electron chi connectivity index (χ2n) is 7.69. The van der Waals surface area contributed by atoms with Crippen LogP contribution >= 0.6 is 0 Å². The molecule has 0 saturated carbocycles. The van der Waals surface area contributed by atoms with Crippen LogP contribution in [0.5, 0.6) is 0 Å². The van der Waals surface area contributed by atoms with E-state index in [1.54, 1.807) is 6.20 Å². The summed E-state index contributed by atoms with van der Waals surface area (Å²) in [6, 6.07) is 0. The van der Waals surface area contributed by atoms with Gasteiger partial charge in [0.15, 0.2) is 14.0 Å². The first kappa shape index (κ1) is 19.5. The number of fused-ring (bicyclic) bond motifs is 1. The Hall–Kier alpha value is -1.80. The summed E-state index contributed by atoms with van der Waals surface area (Å²) in [4.78, 5) is 24.3. The summed E-state index contributed by atoms with van der Waals surface area (Å²) in [7, 11) is -1.82. The summed E-state index contributed by atoms with van der Waals surface area (Å²) >= 11 is 0. The van der Waals surface area contributed by atoms with E-state index in [4.69, 9.17) is 9.16 Å². The molecule has 0 unspecified atom stereocenters. The van der Waals surface area contributed by atoms with Gasteiger partial charge in [0.1, 0.15) is 23.8 Å². The molecule has 2 aromatic heterocycles. The maximum absolute atomic E-state index is 11.1. The third kappa shape index (κ3) is 4.64. The van der Waals surface area contributed by atoms with Crippen LogP contribution in [0.4, 0.5) is 0 Å². The average Bonchev–Trinajstić information content (AvgIpc) is 2.81. The van der Waals surface area contributed by atoms with Crippen molar-refractivity contribution in [3.8, 4) is 0 Å². The number of hydrogen-bond donors (Lipinski definition) is 0. The van der Waals surface area contributed by atoms with Crippen molar-refractivity contribution in [3.05, 3.63) is 17.8 Å². The van der Waals surface area contributed by atoms with E-state index in [-0.39, 0.29) is 17.6 Å². The molecule has 0 spiro atoms. The first-order chi connectivity index (χ1) is 11.5. The minimum Gasteiger partial charge on any atom is -0.458 e. The van der Waals surface area contributed by atoms with Crippen LogP contribution in [-0.4, -0.2) is 40.4 Å². The Morgan fingerprint density at radius 3 is 2.56 bits per heavy atom. The quantitative estimate of drug-likeness (QED) is 0.578. The van der Waals surface area contributed by atoms with Gasteiger partial charge in [0.2, 0.25) is 0 Å². The van der Waals surface area contributed by atoms with Crippen LogP contribution in [0.1, 0.15) is 39.3 Å². The molecule has 0 aliphatic heterocycles. The highest BCUT2D eigenvalue weighted by molar-refractivity contribution is 6.74. The van der Waals surface area contributed by atoms with E-state index in [1.165, 1.54) is 6.92 Å². The Morgan fingerprint density at radius 2 is 1.96 bits per heavy atom. The molecule has 7 nitrogen and oxygen atoms in total. The molecule has 2 aromatic rings. The van der Waals surface area contributed by atoms with Crippen molar-refractivity contribution in [1.29, 1.82) is 0 Å². The molecule has 2 heterocycles. The predicted molar refractivity (Wildman–Crippen MR) is 98.7 cm³/mol. The smallest absolute Gasteiger partial charge is 0.303 e. The molecule has 0 amide bonds. The lowest BCUT2D eigenvalue weighted by Crippen LogP contribution is -2.41. The lowest BCUT2D eigenvalue weighted by molar-refractivity contribution is -0.142. The second kappa shape index (κ2) is 7.21. The molecule has 2 rings (SSSR count). The van der Waals surface area contributed by atoms with E-state index in [2.05, 4.69) is 48.8 Å². The van der Waals surface area contributed by atoms with E-state index in [0.717, 1.165) is 5.65 Å². The molecule has 0 aromatic carbocycles. The van der Waals surface area contributed by atoms with Gasteiger partial charge < -0.3 is 13.7 Å². The fourth-order valence-corrected chi connectivity index (χ4v) is 3.21. The molecule has 8 heteroatoms. The van der Waals surface area contributed by atoms with Gasteiger partial charge in [-0.2, -0.15) is 0 Å². The first-order valence-corrected chi connectivity index (χ1v) is 11.4. The number of carbonyl (C=O) groups is 1. The average molecular weight is 365 g/mol. The molecular formula is C17H28N4O3Si. The van der Waals surface area contributed by atoms with Crippen LogP contribution in [0.2, 0.25) is 18.1 Å². The zero-order valence-electron chi connectivity index (χ0n) is 16.2. The normalized spacial score (nSPS) is 12.6. The number of aromatic nitrogens is 4. The summed E-state index contributed by atoms with van der Waals surface area (Å²) in [5.74, 6) is 1.00. The predicted octanol–water partition coefficient (Wildman–Crippen LogP) is 3.22. The van der Waals surface area contributed by atoms with E-state index < -0.39 is 8.32 Å². The molecule has 0 fully saturated rings. The molecule has 0 radical (unpaired) electrons. The Labute approximate surface area is 149 Å². The highest BCUT2D eigenvalue weighted by atomic mass is 28.4. The van der Waals surface area contributed by atoms with Crippen LogP contribution in [0.3, 0.4) is 0 Å². The summed E-state index contributed by atoms with van der Waals surface area (Å²) in [6.07, 6.45) is 1.69. The van der Waals surface area contributed by atoms with E-state index in [9.17, 15) is 4.79 Å². The van der Waals surface area contributed by atoms with Gasteiger partial charge in [0.05, 0.1) is 12.8 Å². The summed E-state index contributed by atoms with van der Waals surface area (Å²) in [5, 5.41) is 0.156. The van der Waals surface area contributed by atoms with Gasteiger partial charge in [-0.25, -0.2) is 15.0 Å². The monoisotopic (exact) mass is 364 g/mol. The van der Waals surface area contributed by atoms with Crippen LogP contribution in [0.15, 0.2) is 6.20 Å². The van der Waals surface area contributed by atoms with Crippen molar-refractivity contribution in [2.45, 2.75) is 65.9 Å². The van der Waals surface area contributed by atoms with Crippen molar-refractivity contribution in [2.75, 3.05) is 6.61 Å². The number of rotatable bonds is 6. The number of nitrogens with zero attached hydrogens (tertiary/aromatic N) is 4. The number of aryl methyl sites for hydroxylation is 1. The van der Waals surface area contributed by atoms with Crippen LogP contribution in [-0.2, 0) is 27.1 Å². The van der Waals surface area contributed by atoms with Gasteiger partial charge in [-0.05, 0) is 25.1 Å². The number of hydrogen-bond acceptors (Lipinski definition) is 6. The van der Waals surface area contributed by atoms with Gasteiger partial charge in [-0.15, -0.1) is 0 Å². The summed E-state index contributed by atoms with van der Waals surface area (Å²) in [5.41, 5.74) is 1.44. The molecule has 25 heavy (non-hydrogen) atoms. The van der Waals surface area contributed by atoms with Crippen LogP contribution in [0.25, 0.3) is 11.2 Å². The standard InChI is InChI=1S/C17H28N4O3Si/c1-12-18-10-14-16(19-12)21(15(20-14)11-23-13(2)22)8-9-24-25(6,7)17(3,4)5/h10H,8-9,11H2,1-7H3. The molecular weight excluding hydrogens is 336 g/mol. The highest BCUT2D eigenvalue weighted by Crippen LogP contribution is 2.36. The maximum atomic E-state index is 11.1.